The van der Waals surface area contributed by atoms with E-state index in [4.69, 9.17) is 4.55 Å². The monoisotopic (exact) mass is 562 g/mol. The average Bonchev–Trinajstić information content (AvgIpc) is 2.83. The maximum absolute atomic E-state index is 11.3. The molecule has 0 spiro atoms. The van der Waals surface area contributed by atoms with Crippen molar-refractivity contribution in [3.05, 3.63) is 58.9 Å². The number of hydrogen-bond donors (Lipinski definition) is 4. The third kappa shape index (κ3) is 8.12. The van der Waals surface area contributed by atoms with E-state index in [-0.39, 0.29) is 22.3 Å². The van der Waals surface area contributed by atoms with Gasteiger partial charge in [0.2, 0.25) is 0 Å². The molecular formula is C31H46O7S. The maximum Gasteiger partial charge on any atom is 0.445 e. The van der Waals surface area contributed by atoms with Crippen LogP contribution in [0.15, 0.2) is 53.3 Å². The number of benzene rings is 1. The summed E-state index contributed by atoms with van der Waals surface area (Å²) >= 11 is 0. The van der Waals surface area contributed by atoms with E-state index in [1.807, 2.05) is 0 Å². The fourth-order valence-electron chi connectivity index (χ4n) is 7.09. The van der Waals surface area contributed by atoms with Gasteiger partial charge in [0.15, 0.2) is 0 Å². The SMILES string of the molecule is CC1=CC[C@H]2C(C)(C)CCC[C@]2(C)[C@H]1CC/C(=C\OS(=O)(=O)O)CCC(O)/C(C)=C/Cc1cc(O)ccc1O. The Morgan fingerprint density at radius 3 is 2.59 bits per heavy atom. The Kier molecular flexibility index (Phi) is 10.00. The van der Waals surface area contributed by atoms with Gasteiger partial charge in [0.25, 0.3) is 0 Å². The Balaban J connectivity index is 1.69. The molecule has 4 N–H and O–H groups in total. The van der Waals surface area contributed by atoms with Crippen LogP contribution in [0.1, 0.15) is 91.5 Å². The van der Waals surface area contributed by atoms with Crippen LogP contribution in [0.5, 0.6) is 11.5 Å². The summed E-state index contributed by atoms with van der Waals surface area (Å²) in [6.45, 7) is 11.2. The topological polar surface area (TPSA) is 124 Å². The van der Waals surface area contributed by atoms with Gasteiger partial charge in [-0.25, -0.2) is 0 Å². The van der Waals surface area contributed by atoms with Crippen LogP contribution in [0, 0.1) is 22.7 Å². The van der Waals surface area contributed by atoms with E-state index >= 15 is 0 Å². The molecule has 0 amide bonds. The van der Waals surface area contributed by atoms with E-state index in [2.05, 4.69) is 38.0 Å². The Morgan fingerprint density at radius 1 is 1.18 bits per heavy atom. The van der Waals surface area contributed by atoms with Crippen molar-refractivity contribution >= 4 is 10.4 Å². The highest BCUT2D eigenvalue weighted by atomic mass is 32.3. The van der Waals surface area contributed by atoms with Crippen LogP contribution in [0.25, 0.3) is 0 Å². The van der Waals surface area contributed by atoms with Crippen LogP contribution in [-0.2, 0) is 21.0 Å². The second-order valence-corrected chi connectivity index (χ2v) is 13.5. The van der Waals surface area contributed by atoms with Gasteiger partial charge in [-0.3, -0.25) is 4.55 Å². The summed E-state index contributed by atoms with van der Waals surface area (Å²) < 4.78 is 36.4. The van der Waals surface area contributed by atoms with Gasteiger partial charge >= 0.3 is 10.4 Å². The standard InChI is InChI=1S/C31H46O7S/c1-21-8-16-29-30(3,4)17-6-18-31(29,5)26(21)13-9-23(20-38-39(35,36)37)10-14-27(33)22(2)7-11-24-19-25(32)12-15-28(24)34/h7-8,12,15,19-20,26-27,29,32-34H,6,9-11,13-14,16-18H2,1-5H3,(H,35,36,37)/b22-7+,23-20+/t26-,27?,29-,31+/m0/s1. The molecule has 0 bridgehead atoms. The lowest BCUT2D eigenvalue weighted by Gasteiger charge is -2.57. The predicted molar refractivity (Wildman–Crippen MR) is 154 cm³/mol. The van der Waals surface area contributed by atoms with Crippen LogP contribution in [-0.4, -0.2) is 34.4 Å². The highest BCUT2D eigenvalue weighted by Crippen LogP contribution is 2.60. The van der Waals surface area contributed by atoms with E-state index in [0.717, 1.165) is 24.7 Å². The second kappa shape index (κ2) is 12.5. The largest absolute Gasteiger partial charge is 0.508 e. The molecule has 1 fully saturated rings. The van der Waals surface area contributed by atoms with Gasteiger partial charge in [-0.05, 0) is 117 Å². The minimum atomic E-state index is -4.63. The molecule has 0 aromatic heterocycles. The molecule has 4 atom stereocenters. The zero-order valence-corrected chi connectivity index (χ0v) is 24.8. The molecule has 0 aliphatic heterocycles. The zero-order valence-electron chi connectivity index (χ0n) is 24.0. The number of allylic oxidation sites excluding steroid dienone is 4. The number of aliphatic hydroxyl groups is 1. The minimum Gasteiger partial charge on any atom is -0.508 e. The number of aliphatic hydroxyl groups excluding tert-OH is 1. The molecule has 39 heavy (non-hydrogen) atoms. The molecule has 0 heterocycles. The molecule has 8 heteroatoms. The summed E-state index contributed by atoms with van der Waals surface area (Å²) in [4.78, 5) is 0. The first-order valence-electron chi connectivity index (χ1n) is 14.0. The molecule has 7 nitrogen and oxygen atoms in total. The van der Waals surface area contributed by atoms with Gasteiger partial charge < -0.3 is 19.5 Å². The second-order valence-electron chi connectivity index (χ2n) is 12.5. The first-order chi connectivity index (χ1) is 18.1. The number of fused-ring (bicyclic) bond motifs is 1. The summed E-state index contributed by atoms with van der Waals surface area (Å²) in [5.74, 6) is 1.09. The van der Waals surface area contributed by atoms with Gasteiger partial charge in [0.05, 0.1) is 6.10 Å². The molecule has 1 unspecified atom stereocenters. The Hall–Kier alpha value is -2.29. The van der Waals surface area contributed by atoms with E-state index < -0.39 is 16.5 Å². The van der Waals surface area contributed by atoms with Crippen LogP contribution in [0.4, 0.5) is 0 Å². The maximum atomic E-state index is 11.3. The minimum absolute atomic E-state index is 0.0584. The van der Waals surface area contributed by atoms with E-state index in [0.29, 0.717) is 48.7 Å². The molecule has 218 valence electrons. The Morgan fingerprint density at radius 2 is 1.90 bits per heavy atom. The highest BCUT2D eigenvalue weighted by Gasteiger charge is 2.51. The van der Waals surface area contributed by atoms with E-state index in [1.54, 1.807) is 13.0 Å². The van der Waals surface area contributed by atoms with Crippen LogP contribution < -0.4 is 0 Å². The number of aromatic hydroxyl groups is 2. The van der Waals surface area contributed by atoms with Gasteiger partial charge in [0, 0.05) is 5.56 Å². The number of rotatable bonds is 11. The predicted octanol–water partition coefficient (Wildman–Crippen LogP) is 7.01. The first-order valence-corrected chi connectivity index (χ1v) is 15.3. The van der Waals surface area contributed by atoms with Crippen molar-refractivity contribution in [1.29, 1.82) is 0 Å². The first kappa shape index (κ1) is 31.2. The molecule has 1 saturated carbocycles. The highest BCUT2D eigenvalue weighted by molar-refractivity contribution is 7.81. The van der Waals surface area contributed by atoms with E-state index in [9.17, 15) is 23.7 Å². The van der Waals surface area contributed by atoms with Crippen LogP contribution in [0.3, 0.4) is 0 Å². The zero-order chi connectivity index (χ0) is 29.0. The normalized spacial score (nSPS) is 26.5. The molecule has 1 aromatic rings. The number of phenolic OH excluding ortho intramolecular Hbond substituents is 2. The van der Waals surface area contributed by atoms with Gasteiger partial charge in [-0.1, -0.05) is 44.9 Å². The van der Waals surface area contributed by atoms with Crippen molar-refractivity contribution in [1.82, 2.24) is 0 Å². The molecule has 2 aliphatic carbocycles. The fraction of sp³-hybridized carbons (Fsp3) is 0.613. The van der Waals surface area contributed by atoms with Crippen molar-refractivity contribution < 1.29 is 32.5 Å². The van der Waals surface area contributed by atoms with Gasteiger partial charge in [-0.2, -0.15) is 8.42 Å². The Labute approximate surface area is 234 Å². The van der Waals surface area contributed by atoms with Crippen molar-refractivity contribution in [2.75, 3.05) is 0 Å². The summed E-state index contributed by atoms with van der Waals surface area (Å²) in [5.41, 5.74) is 3.81. The van der Waals surface area contributed by atoms with Gasteiger partial charge in [0.1, 0.15) is 17.8 Å². The molecule has 3 rings (SSSR count). The quantitative estimate of drug-likeness (QED) is 0.0989. The fourth-order valence-corrected chi connectivity index (χ4v) is 7.35. The van der Waals surface area contributed by atoms with Crippen molar-refractivity contribution in [2.24, 2.45) is 22.7 Å². The van der Waals surface area contributed by atoms with Crippen molar-refractivity contribution in [2.45, 2.75) is 98.5 Å². The third-order valence-corrected chi connectivity index (χ3v) is 9.70. The molecule has 0 radical (unpaired) electrons. The number of phenols is 2. The van der Waals surface area contributed by atoms with E-state index in [1.165, 1.54) is 43.0 Å². The third-order valence-electron chi connectivity index (χ3n) is 9.36. The Bertz CT molecular complexity index is 1210. The summed E-state index contributed by atoms with van der Waals surface area (Å²) in [6, 6.07) is 4.32. The lowest BCUT2D eigenvalue weighted by atomic mass is 9.48. The van der Waals surface area contributed by atoms with Gasteiger partial charge in [-0.15, -0.1) is 0 Å². The van der Waals surface area contributed by atoms with Crippen molar-refractivity contribution in [3.63, 3.8) is 0 Å². The summed E-state index contributed by atoms with van der Waals surface area (Å²) in [7, 11) is -4.63. The molecule has 0 saturated heterocycles. The van der Waals surface area contributed by atoms with Crippen LogP contribution in [0.2, 0.25) is 0 Å². The lowest BCUT2D eigenvalue weighted by molar-refractivity contribution is -0.0391. The smallest absolute Gasteiger partial charge is 0.445 e. The molecular weight excluding hydrogens is 516 g/mol. The number of hydrogen-bond acceptors (Lipinski definition) is 6. The molecule has 2 aliphatic rings. The lowest BCUT2D eigenvalue weighted by Crippen LogP contribution is -2.48. The van der Waals surface area contributed by atoms with Crippen LogP contribution >= 0.6 is 0 Å². The van der Waals surface area contributed by atoms with Crippen molar-refractivity contribution in [3.8, 4) is 11.5 Å². The average molecular weight is 563 g/mol. The molecule has 1 aromatic carbocycles. The summed E-state index contributed by atoms with van der Waals surface area (Å²) in [6.07, 6.45) is 11.8. The summed E-state index contributed by atoms with van der Waals surface area (Å²) in [5, 5.41) is 30.4.